The summed E-state index contributed by atoms with van der Waals surface area (Å²) in [6.07, 6.45) is 16.5. The zero-order valence-corrected chi connectivity index (χ0v) is 25.3. The van der Waals surface area contributed by atoms with Crippen molar-refractivity contribution in [2.75, 3.05) is 41.9 Å². The molecule has 9 heteroatoms. The van der Waals surface area contributed by atoms with Gasteiger partial charge in [0.15, 0.2) is 5.82 Å². The molecule has 1 aromatic carbocycles. The molecule has 2 aliphatic heterocycles. The molecule has 224 valence electrons. The van der Waals surface area contributed by atoms with E-state index in [2.05, 4.69) is 52.2 Å². The minimum absolute atomic E-state index is 0.00501. The van der Waals surface area contributed by atoms with Gasteiger partial charge in [0.1, 0.15) is 6.61 Å². The van der Waals surface area contributed by atoms with Crippen LogP contribution in [0.5, 0.6) is 5.88 Å². The van der Waals surface area contributed by atoms with Gasteiger partial charge in [-0.2, -0.15) is 4.98 Å². The fourth-order valence-electron chi connectivity index (χ4n) is 6.81. The molecular weight excluding hydrogens is 526 g/mol. The summed E-state index contributed by atoms with van der Waals surface area (Å²) in [7, 11) is 1.88. The number of aromatic nitrogens is 2. The molecule has 4 unspecified atom stereocenters. The summed E-state index contributed by atoms with van der Waals surface area (Å²) in [5.74, 6) is 1.99. The molecule has 1 aliphatic carbocycles. The van der Waals surface area contributed by atoms with E-state index in [9.17, 15) is 4.79 Å². The van der Waals surface area contributed by atoms with E-state index in [1.807, 2.05) is 18.0 Å². The van der Waals surface area contributed by atoms with Crippen molar-refractivity contribution in [3.8, 4) is 5.88 Å². The molecule has 2 fully saturated rings. The molecule has 0 bridgehead atoms. The van der Waals surface area contributed by atoms with Crippen LogP contribution in [0.2, 0.25) is 0 Å². The SMILES string of the molecule is CCCC1C(CN(C(=O)C2CCCC(C)C2)c2cncc(OCC3=NC=CC3)n2)CCN1c1ccc(NC)c(C=N)c1. The Morgan fingerprint density at radius 1 is 1.26 bits per heavy atom. The van der Waals surface area contributed by atoms with Gasteiger partial charge in [-0.15, -0.1) is 0 Å². The third-order valence-electron chi connectivity index (χ3n) is 9.01. The minimum atomic E-state index is 0.00501. The maximum atomic E-state index is 14.2. The Kier molecular flexibility index (Phi) is 9.87. The second-order valence-corrected chi connectivity index (χ2v) is 12.0. The van der Waals surface area contributed by atoms with E-state index < -0.39 is 0 Å². The van der Waals surface area contributed by atoms with Crippen LogP contribution in [0.15, 0.2) is 47.9 Å². The van der Waals surface area contributed by atoms with Crippen molar-refractivity contribution in [1.29, 1.82) is 5.41 Å². The van der Waals surface area contributed by atoms with E-state index in [0.29, 0.717) is 30.8 Å². The zero-order valence-electron chi connectivity index (χ0n) is 25.3. The highest BCUT2D eigenvalue weighted by molar-refractivity contribution is 5.94. The van der Waals surface area contributed by atoms with Gasteiger partial charge in [0.2, 0.25) is 11.8 Å². The molecule has 1 aromatic heterocycles. The molecule has 3 heterocycles. The summed E-state index contributed by atoms with van der Waals surface area (Å²) in [5, 5.41) is 11.1. The number of carbonyl (C=O) groups excluding carboxylic acids is 1. The normalized spacial score (nSPS) is 23.5. The lowest BCUT2D eigenvalue weighted by atomic mass is 9.81. The first-order valence-electron chi connectivity index (χ1n) is 15.6. The summed E-state index contributed by atoms with van der Waals surface area (Å²) < 4.78 is 5.95. The van der Waals surface area contributed by atoms with Crippen molar-refractivity contribution in [3.05, 3.63) is 48.4 Å². The Morgan fingerprint density at radius 3 is 2.88 bits per heavy atom. The fraction of sp³-hybridized carbons (Fsp3) is 0.545. The number of ether oxygens (including phenoxy) is 1. The van der Waals surface area contributed by atoms with Crippen LogP contribution in [0.1, 0.15) is 70.8 Å². The molecule has 1 amide bonds. The number of allylic oxidation sites excluding steroid dienone is 1. The lowest BCUT2D eigenvalue weighted by molar-refractivity contribution is -0.124. The van der Waals surface area contributed by atoms with Crippen LogP contribution in [-0.4, -0.2) is 60.6 Å². The highest BCUT2D eigenvalue weighted by atomic mass is 16.5. The molecule has 5 rings (SSSR count). The highest BCUT2D eigenvalue weighted by Gasteiger charge is 2.38. The van der Waals surface area contributed by atoms with Gasteiger partial charge in [-0.3, -0.25) is 19.7 Å². The molecule has 2 N–H and O–H groups in total. The Hall–Kier alpha value is -3.75. The summed E-state index contributed by atoms with van der Waals surface area (Å²) in [6, 6.07) is 6.59. The average molecular weight is 572 g/mol. The van der Waals surface area contributed by atoms with E-state index in [1.165, 1.54) is 12.6 Å². The second-order valence-electron chi connectivity index (χ2n) is 12.0. The molecule has 42 heavy (non-hydrogen) atoms. The van der Waals surface area contributed by atoms with E-state index in [4.69, 9.17) is 15.1 Å². The Morgan fingerprint density at radius 2 is 2.14 bits per heavy atom. The zero-order chi connectivity index (χ0) is 29.5. The van der Waals surface area contributed by atoms with Crippen LogP contribution in [0.4, 0.5) is 17.2 Å². The number of hydrogen-bond donors (Lipinski definition) is 2. The first-order valence-corrected chi connectivity index (χ1v) is 15.6. The van der Waals surface area contributed by atoms with E-state index in [0.717, 1.165) is 74.1 Å². The monoisotopic (exact) mass is 571 g/mol. The number of nitrogens with zero attached hydrogens (tertiary/aromatic N) is 5. The summed E-state index contributed by atoms with van der Waals surface area (Å²) in [6.45, 7) is 6.36. The third kappa shape index (κ3) is 6.82. The largest absolute Gasteiger partial charge is 0.470 e. The predicted octanol–water partition coefficient (Wildman–Crippen LogP) is 6.11. The number of benzene rings is 1. The van der Waals surface area contributed by atoms with Gasteiger partial charge in [-0.25, -0.2) is 0 Å². The molecule has 1 saturated heterocycles. The van der Waals surface area contributed by atoms with Crippen LogP contribution in [0.3, 0.4) is 0 Å². The molecule has 3 aliphatic rings. The Bertz CT molecular complexity index is 1310. The van der Waals surface area contributed by atoms with Gasteiger partial charge in [0.25, 0.3) is 0 Å². The highest BCUT2D eigenvalue weighted by Crippen LogP contribution is 2.37. The van der Waals surface area contributed by atoms with Crippen molar-refractivity contribution in [2.45, 2.75) is 71.3 Å². The number of hydrogen-bond acceptors (Lipinski definition) is 8. The van der Waals surface area contributed by atoms with E-state index >= 15 is 0 Å². The van der Waals surface area contributed by atoms with Crippen molar-refractivity contribution < 1.29 is 9.53 Å². The Labute approximate surface area is 250 Å². The van der Waals surface area contributed by atoms with Gasteiger partial charge in [-0.05, 0) is 55.7 Å². The van der Waals surface area contributed by atoms with Crippen molar-refractivity contribution in [2.24, 2.45) is 22.7 Å². The standard InChI is InChI=1S/C33H45N7O2/c1-4-7-30-25(13-15-39(30)28-11-12-29(35-3)26(17-28)18-34)21-40(33(41)24-9-5-8-23(2)16-24)31-19-36-20-32(38-31)42-22-27-10-6-14-37-27/h6,11-12,14,17-20,23-25,30,34-35H,4-5,7-10,13,15-16,21-22H2,1-3H3. The predicted molar refractivity (Wildman–Crippen MR) is 170 cm³/mol. The topological polar surface area (TPSA) is 107 Å². The van der Waals surface area contributed by atoms with Crippen LogP contribution in [0, 0.1) is 23.2 Å². The van der Waals surface area contributed by atoms with Crippen LogP contribution >= 0.6 is 0 Å². The molecule has 1 saturated carbocycles. The van der Waals surface area contributed by atoms with Crippen molar-refractivity contribution in [1.82, 2.24) is 9.97 Å². The average Bonchev–Trinajstić information content (AvgIpc) is 3.69. The summed E-state index contributed by atoms with van der Waals surface area (Å²) >= 11 is 0. The number of aliphatic imine (C=N–C) groups is 1. The first kappa shape index (κ1) is 29.7. The number of carbonyl (C=O) groups is 1. The second kappa shape index (κ2) is 13.9. The van der Waals surface area contributed by atoms with Crippen LogP contribution < -0.4 is 19.9 Å². The quantitative estimate of drug-likeness (QED) is 0.298. The molecule has 0 spiro atoms. The van der Waals surface area contributed by atoms with Gasteiger partial charge in [0.05, 0.1) is 18.1 Å². The van der Waals surface area contributed by atoms with Crippen LogP contribution in [-0.2, 0) is 4.79 Å². The van der Waals surface area contributed by atoms with Gasteiger partial charge in [-0.1, -0.05) is 39.2 Å². The van der Waals surface area contributed by atoms with Crippen molar-refractivity contribution >= 4 is 35.0 Å². The van der Waals surface area contributed by atoms with Gasteiger partial charge >= 0.3 is 0 Å². The molecule has 4 atom stereocenters. The molecule has 0 radical (unpaired) electrons. The Balaban J connectivity index is 1.40. The van der Waals surface area contributed by atoms with E-state index in [-0.39, 0.29) is 23.8 Å². The molecular formula is C33H45N7O2. The lowest BCUT2D eigenvalue weighted by Gasteiger charge is -2.35. The van der Waals surface area contributed by atoms with Crippen LogP contribution in [0.25, 0.3) is 0 Å². The van der Waals surface area contributed by atoms with Gasteiger partial charge in [0, 0.05) is 67.9 Å². The molecule has 9 nitrogen and oxygen atoms in total. The number of nitrogens with one attached hydrogen (secondary N) is 2. The van der Waals surface area contributed by atoms with Gasteiger partial charge < -0.3 is 20.4 Å². The summed E-state index contributed by atoms with van der Waals surface area (Å²) in [4.78, 5) is 32.2. The summed E-state index contributed by atoms with van der Waals surface area (Å²) in [5.41, 5.74) is 3.91. The maximum absolute atomic E-state index is 14.2. The first-order chi connectivity index (χ1) is 20.5. The lowest BCUT2D eigenvalue weighted by Crippen LogP contribution is -2.44. The smallest absolute Gasteiger partial charge is 0.234 e. The third-order valence-corrected chi connectivity index (χ3v) is 9.01. The molecule has 2 aromatic rings. The number of rotatable bonds is 12. The maximum Gasteiger partial charge on any atom is 0.234 e. The van der Waals surface area contributed by atoms with Crippen molar-refractivity contribution in [3.63, 3.8) is 0 Å². The minimum Gasteiger partial charge on any atom is -0.470 e. The number of anilines is 3. The fourth-order valence-corrected chi connectivity index (χ4v) is 6.81. The number of amides is 1. The van der Waals surface area contributed by atoms with E-state index in [1.54, 1.807) is 18.6 Å².